The van der Waals surface area contributed by atoms with Gasteiger partial charge in [0.1, 0.15) is 5.69 Å². The van der Waals surface area contributed by atoms with Crippen LogP contribution in [0, 0.1) is 0 Å². The summed E-state index contributed by atoms with van der Waals surface area (Å²) in [5, 5.41) is 1.64. The minimum Gasteiger partial charge on any atom is -0.312 e. The van der Waals surface area contributed by atoms with Gasteiger partial charge in [-0.15, -0.1) is 0 Å². The van der Waals surface area contributed by atoms with Crippen LogP contribution in [0.3, 0.4) is 0 Å². The van der Waals surface area contributed by atoms with E-state index >= 15 is 0 Å². The van der Waals surface area contributed by atoms with Gasteiger partial charge in [0.2, 0.25) is 0 Å². The van der Waals surface area contributed by atoms with Gasteiger partial charge in [-0.2, -0.15) is 0 Å². The average Bonchev–Trinajstić information content (AvgIpc) is 2.97. The number of nitrogens with one attached hydrogen (secondary N) is 2. The van der Waals surface area contributed by atoms with Crippen molar-refractivity contribution >= 4 is 28.3 Å². The molecule has 1 aliphatic rings. The Morgan fingerprint density at radius 1 is 0.759 bits per heavy atom. The van der Waals surface area contributed by atoms with Crippen LogP contribution in [-0.2, 0) is 0 Å². The van der Waals surface area contributed by atoms with E-state index in [9.17, 15) is 19.2 Å². The van der Waals surface area contributed by atoms with Gasteiger partial charge in [-0.1, -0.05) is 54.6 Å². The van der Waals surface area contributed by atoms with E-state index in [0.717, 1.165) is 27.4 Å². The maximum atomic E-state index is 13.3. The number of benzene rings is 3. The zero-order chi connectivity index (χ0) is 20.1. The number of nitrogens with zero attached hydrogens (tertiary/aromatic N) is 1. The highest BCUT2D eigenvalue weighted by atomic mass is 16.2. The lowest BCUT2D eigenvalue weighted by Gasteiger charge is -2.13. The van der Waals surface area contributed by atoms with Crippen molar-refractivity contribution in [2.75, 3.05) is 4.90 Å². The summed E-state index contributed by atoms with van der Waals surface area (Å²) in [7, 11) is 0. The van der Waals surface area contributed by atoms with Gasteiger partial charge < -0.3 is 4.98 Å². The Balaban J connectivity index is 1.84. The predicted molar refractivity (Wildman–Crippen MR) is 108 cm³/mol. The Morgan fingerprint density at radius 2 is 1.48 bits per heavy atom. The summed E-state index contributed by atoms with van der Waals surface area (Å²) in [5.74, 6) is -1.21. The monoisotopic (exact) mass is 383 g/mol. The quantitative estimate of drug-likeness (QED) is 0.520. The van der Waals surface area contributed by atoms with Crippen LogP contribution in [0.25, 0.3) is 21.9 Å². The van der Waals surface area contributed by atoms with E-state index in [1.807, 2.05) is 59.6 Å². The molecular formula is C22H13N3O4. The molecule has 5 rings (SSSR count). The lowest BCUT2D eigenvalue weighted by molar-refractivity contribution is 0.0925. The van der Waals surface area contributed by atoms with E-state index in [1.165, 1.54) is 0 Å². The molecule has 7 heteroatoms. The lowest BCUT2D eigenvalue weighted by atomic mass is 9.90. The molecule has 7 nitrogen and oxygen atoms in total. The summed E-state index contributed by atoms with van der Waals surface area (Å²) in [5.41, 5.74) is 0.141. The van der Waals surface area contributed by atoms with Gasteiger partial charge in [0, 0.05) is 11.8 Å². The summed E-state index contributed by atoms with van der Waals surface area (Å²) in [4.78, 5) is 55.2. The molecule has 0 saturated heterocycles. The molecule has 2 N–H and O–H groups in total. The van der Waals surface area contributed by atoms with Crippen LogP contribution < -0.4 is 16.1 Å². The number of aromatic amines is 2. The van der Waals surface area contributed by atoms with E-state index in [-0.39, 0.29) is 16.8 Å². The molecule has 0 fully saturated rings. The van der Waals surface area contributed by atoms with Gasteiger partial charge in [0.15, 0.2) is 0 Å². The van der Waals surface area contributed by atoms with Crippen molar-refractivity contribution in [2.24, 2.45) is 0 Å². The second-order valence-corrected chi connectivity index (χ2v) is 6.66. The predicted octanol–water partition coefficient (Wildman–Crippen LogP) is 2.68. The third kappa shape index (κ3) is 2.45. The number of carbonyl (C=O) groups is 2. The number of H-pyrrole nitrogens is 2. The minimum atomic E-state index is -0.811. The van der Waals surface area contributed by atoms with E-state index < -0.39 is 23.1 Å². The second kappa shape index (κ2) is 6.13. The highest BCUT2D eigenvalue weighted by Crippen LogP contribution is 2.39. The summed E-state index contributed by atoms with van der Waals surface area (Å²) in [6.07, 6.45) is 1.07. The molecular weight excluding hydrogens is 370 g/mol. The van der Waals surface area contributed by atoms with Crippen LogP contribution in [0.4, 0.5) is 5.69 Å². The summed E-state index contributed by atoms with van der Waals surface area (Å²) >= 11 is 0. The van der Waals surface area contributed by atoms with Crippen LogP contribution >= 0.6 is 0 Å². The number of carbonyl (C=O) groups excluding carboxylic acids is 2. The topological polar surface area (TPSA) is 103 Å². The number of hydrogen-bond acceptors (Lipinski definition) is 4. The molecule has 0 aliphatic carbocycles. The largest absolute Gasteiger partial charge is 0.325 e. The van der Waals surface area contributed by atoms with Crippen molar-refractivity contribution in [2.45, 2.75) is 0 Å². The molecule has 1 aromatic heterocycles. The molecule has 1 aliphatic heterocycles. The Hall–Kier alpha value is -4.26. The second-order valence-electron chi connectivity index (χ2n) is 6.66. The number of anilines is 1. The third-order valence-corrected chi connectivity index (χ3v) is 5.00. The maximum absolute atomic E-state index is 13.3. The number of imide groups is 1. The van der Waals surface area contributed by atoms with Crippen LogP contribution in [-0.4, -0.2) is 21.8 Å². The van der Waals surface area contributed by atoms with Crippen molar-refractivity contribution in [3.05, 3.63) is 98.8 Å². The van der Waals surface area contributed by atoms with Crippen LogP contribution in [0.5, 0.6) is 0 Å². The maximum Gasteiger partial charge on any atom is 0.325 e. The van der Waals surface area contributed by atoms with E-state index in [0.29, 0.717) is 5.56 Å². The van der Waals surface area contributed by atoms with Crippen LogP contribution in [0.2, 0.25) is 0 Å². The summed E-state index contributed by atoms with van der Waals surface area (Å²) in [6.45, 7) is 0. The zero-order valence-electron chi connectivity index (χ0n) is 14.9. The van der Waals surface area contributed by atoms with Crippen molar-refractivity contribution in [3.63, 3.8) is 0 Å². The number of fused-ring (bicyclic) bond motifs is 2. The van der Waals surface area contributed by atoms with Crippen molar-refractivity contribution < 1.29 is 9.59 Å². The van der Waals surface area contributed by atoms with Crippen molar-refractivity contribution in [3.8, 4) is 11.1 Å². The van der Waals surface area contributed by atoms with Gasteiger partial charge >= 0.3 is 5.69 Å². The summed E-state index contributed by atoms with van der Waals surface area (Å²) < 4.78 is 0. The fourth-order valence-electron chi connectivity index (χ4n) is 3.76. The average molecular weight is 383 g/mol. The van der Waals surface area contributed by atoms with Gasteiger partial charge in [-0.05, 0) is 22.4 Å². The van der Waals surface area contributed by atoms with Crippen LogP contribution in [0.1, 0.15) is 20.7 Å². The van der Waals surface area contributed by atoms with Gasteiger partial charge in [0.05, 0.1) is 11.1 Å². The Bertz CT molecular complexity index is 1430. The fourth-order valence-corrected chi connectivity index (χ4v) is 3.76. The Kier molecular flexibility index (Phi) is 3.57. The number of aromatic nitrogens is 2. The minimum absolute atomic E-state index is 0.221. The van der Waals surface area contributed by atoms with Gasteiger partial charge in [-0.3, -0.25) is 19.4 Å². The zero-order valence-corrected chi connectivity index (χ0v) is 14.9. The SMILES string of the molecule is O=C1c2cc3ccccc3c(-c3ccccc3)c2C(=O)N1c1c[nH]c(=O)[nH]c1=O. The Labute approximate surface area is 163 Å². The molecule has 0 atom stereocenters. The molecule has 2 heterocycles. The first-order chi connectivity index (χ1) is 14.1. The normalized spacial score (nSPS) is 13.2. The van der Waals surface area contributed by atoms with Gasteiger partial charge in [-0.25, -0.2) is 9.69 Å². The smallest absolute Gasteiger partial charge is 0.312 e. The van der Waals surface area contributed by atoms with E-state index in [2.05, 4.69) is 4.98 Å². The highest BCUT2D eigenvalue weighted by molar-refractivity contribution is 6.37. The first kappa shape index (κ1) is 16.9. The lowest BCUT2D eigenvalue weighted by Crippen LogP contribution is -2.36. The summed E-state index contributed by atoms with van der Waals surface area (Å²) in [6, 6.07) is 18.5. The molecule has 0 unspecified atom stereocenters. The molecule has 29 heavy (non-hydrogen) atoms. The number of rotatable bonds is 2. The fraction of sp³-hybridized carbons (Fsp3) is 0. The molecule has 2 amide bonds. The standard InChI is InChI=1S/C22H13N3O4/c26-19-16(11-23-22(29)24-19)25-20(27)15-10-13-8-4-5-9-14(13)17(18(15)21(25)28)12-6-2-1-3-7-12/h1-11H,(H2,23,24,26,29). The van der Waals surface area contributed by atoms with Crippen molar-refractivity contribution in [1.29, 1.82) is 0 Å². The molecule has 0 saturated carbocycles. The van der Waals surface area contributed by atoms with Crippen LogP contribution in [0.15, 0.2) is 76.4 Å². The van der Waals surface area contributed by atoms with Crippen molar-refractivity contribution in [1.82, 2.24) is 9.97 Å². The molecule has 3 aromatic carbocycles. The number of amides is 2. The molecule has 4 aromatic rings. The Morgan fingerprint density at radius 3 is 2.24 bits per heavy atom. The van der Waals surface area contributed by atoms with Gasteiger partial charge in [0.25, 0.3) is 17.4 Å². The first-order valence-electron chi connectivity index (χ1n) is 8.88. The third-order valence-electron chi connectivity index (χ3n) is 5.00. The highest BCUT2D eigenvalue weighted by Gasteiger charge is 2.40. The van der Waals surface area contributed by atoms with E-state index in [1.54, 1.807) is 6.07 Å². The molecule has 140 valence electrons. The molecule has 0 radical (unpaired) electrons. The van der Waals surface area contributed by atoms with E-state index in [4.69, 9.17) is 0 Å². The first-order valence-corrected chi connectivity index (χ1v) is 8.88. The molecule has 0 spiro atoms. The molecule has 0 bridgehead atoms. The number of hydrogen-bond donors (Lipinski definition) is 2.